The Morgan fingerprint density at radius 2 is 1.53 bits per heavy atom. The number of hydrogen-bond acceptors (Lipinski definition) is 7. The molecule has 12 heteroatoms. The average molecular weight is 603 g/mol. The summed E-state index contributed by atoms with van der Waals surface area (Å²) in [5, 5.41) is 12.0. The van der Waals surface area contributed by atoms with Gasteiger partial charge in [-0.3, -0.25) is 4.79 Å². The van der Waals surface area contributed by atoms with Gasteiger partial charge in [0.2, 0.25) is 15.9 Å². The maximum atomic E-state index is 14.0. The zero-order chi connectivity index (χ0) is 30.4. The first kappa shape index (κ1) is 29.9. The van der Waals surface area contributed by atoms with Crippen LogP contribution < -0.4 is 15.0 Å². The third-order valence-electron chi connectivity index (χ3n) is 7.62. The van der Waals surface area contributed by atoms with E-state index in [2.05, 4.69) is 10.2 Å². The van der Waals surface area contributed by atoms with E-state index in [9.17, 15) is 18.0 Å². The van der Waals surface area contributed by atoms with Gasteiger partial charge in [-0.15, -0.1) is 0 Å². The summed E-state index contributed by atoms with van der Waals surface area (Å²) in [6.45, 7) is 4.41. The quantitative estimate of drug-likeness (QED) is 0.440. The van der Waals surface area contributed by atoms with E-state index in [1.807, 2.05) is 43.3 Å². The summed E-state index contributed by atoms with van der Waals surface area (Å²) in [6, 6.07) is 23.0. The van der Waals surface area contributed by atoms with Crippen LogP contribution in [0, 0.1) is 11.3 Å². The SMILES string of the molecule is CCOc1ccc(NC(=O)N2CCN(S(=O)(=O)c3ccc(C#N)cc3)C(C(=O)N3CCN(c4ccccc4)CC3)C2)cc1. The molecule has 5 rings (SSSR count). The normalized spacial score (nSPS) is 17.7. The molecule has 0 radical (unpaired) electrons. The molecule has 0 aromatic heterocycles. The van der Waals surface area contributed by atoms with Crippen molar-refractivity contribution in [1.82, 2.24) is 14.1 Å². The number of para-hydroxylation sites is 1. The van der Waals surface area contributed by atoms with Crippen molar-refractivity contribution in [1.29, 1.82) is 5.26 Å². The smallest absolute Gasteiger partial charge is 0.321 e. The molecular weight excluding hydrogens is 568 g/mol. The fourth-order valence-electron chi connectivity index (χ4n) is 5.31. The fraction of sp³-hybridized carbons (Fsp3) is 0.323. The molecule has 224 valence electrons. The maximum Gasteiger partial charge on any atom is 0.321 e. The van der Waals surface area contributed by atoms with Gasteiger partial charge < -0.3 is 24.8 Å². The number of piperazine rings is 2. The molecular formula is C31H34N6O5S. The molecule has 2 heterocycles. The maximum absolute atomic E-state index is 14.0. The highest BCUT2D eigenvalue weighted by molar-refractivity contribution is 7.89. The molecule has 1 N–H and O–H groups in total. The molecule has 0 aliphatic carbocycles. The monoisotopic (exact) mass is 602 g/mol. The van der Waals surface area contributed by atoms with Crippen molar-refractivity contribution >= 4 is 33.3 Å². The highest BCUT2D eigenvalue weighted by atomic mass is 32.2. The van der Waals surface area contributed by atoms with E-state index >= 15 is 0 Å². The Morgan fingerprint density at radius 1 is 0.884 bits per heavy atom. The first-order valence-electron chi connectivity index (χ1n) is 14.2. The summed E-state index contributed by atoms with van der Waals surface area (Å²) in [5.41, 5.74) is 1.95. The molecule has 1 atom stereocenters. The Labute approximate surface area is 251 Å². The van der Waals surface area contributed by atoms with Crippen LogP contribution in [0.4, 0.5) is 16.2 Å². The highest BCUT2D eigenvalue weighted by Gasteiger charge is 2.43. The number of anilines is 2. The van der Waals surface area contributed by atoms with E-state index in [4.69, 9.17) is 10.00 Å². The standard InChI is InChI=1S/C31H34N6O5S/c1-2-42-27-12-10-25(11-13-27)33-31(39)36-20-21-37(43(40,41)28-14-8-24(22-32)9-15-28)29(23-36)30(38)35-18-16-34(17-19-35)26-6-4-3-5-7-26/h3-15,29H,2,16-21,23H2,1H3,(H,33,39). The molecule has 2 aliphatic heterocycles. The predicted molar refractivity (Wildman–Crippen MR) is 162 cm³/mol. The molecule has 0 saturated carbocycles. The molecule has 2 fully saturated rings. The Kier molecular flexibility index (Phi) is 9.13. The van der Waals surface area contributed by atoms with Crippen molar-refractivity contribution in [3.8, 4) is 11.8 Å². The van der Waals surface area contributed by atoms with Crippen LogP contribution in [-0.4, -0.2) is 92.9 Å². The van der Waals surface area contributed by atoms with E-state index in [0.29, 0.717) is 49.8 Å². The molecule has 0 spiro atoms. The minimum absolute atomic E-state index is 0.00881. The molecule has 2 aliphatic rings. The van der Waals surface area contributed by atoms with Crippen LogP contribution in [0.3, 0.4) is 0 Å². The number of nitriles is 1. The minimum atomic E-state index is -4.10. The van der Waals surface area contributed by atoms with Crippen LogP contribution in [0.15, 0.2) is 83.8 Å². The molecule has 1 unspecified atom stereocenters. The summed E-state index contributed by atoms with van der Waals surface area (Å²) in [7, 11) is -4.10. The number of nitrogens with zero attached hydrogens (tertiary/aromatic N) is 5. The first-order valence-corrected chi connectivity index (χ1v) is 15.6. The lowest BCUT2D eigenvalue weighted by Gasteiger charge is -2.43. The lowest BCUT2D eigenvalue weighted by Crippen LogP contribution is -2.63. The van der Waals surface area contributed by atoms with Crippen LogP contribution >= 0.6 is 0 Å². The molecule has 3 aromatic carbocycles. The van der Waals surface area contributed by atoms with Gasteiger partial charge in [-0.2, -0.15) is 9.57 Å². The molecule has 2 saturated heterocycles. The van der Waals surface area contributed by atoms with E-state index in [-0.39, 0.29) is 30.4 Å². The average Bonchev–Trinajstić information content (AvgIpc) is 3.05. The van der Waals surface area contributed by atoms with Gasteiger partial charge in [-0.05, 0) is 67.6 Å². The second-order valence-electron chi connectivity index (χ2n) is 10.2. The number of urea groups is 1. The van der Waals surface area contributed by atoms with Crippen molar-refractivity contribution in [2.24, 2.45) is 0 Å². The Morgan fingerprint density at radius 3 is 2.16 bits per heavy atom. The third-order valence-corrected chi connectivity index (χ3v) is 9.55. The van der Waals surface area contributed by atoms with Gasteiger partial charge in [0.15, 0.2) is 0 Å². The summed E-state index contributed by atoms with van der Waals surface area (Å²) in [4.78, 5) is 32.6. The zero-order valence-electron chi connectivity index (χ0n) is 23.9. The summed E-state index contributed by atoms with van der Waals surface area (Å²) in [5.74, 6) is 0.337. The molecule has 11 nitrogen and oxygen atoms in total. The minimum Gasteiger partial charge on any atom is -0.494 e. The highest BCUT2D eigenvalue weighted by Crippen LogP contribution is 2.25. The molecule has 3 aromatic rings. The summed E-state index contributed by atoms with van der Waals surface area (Å²) >= 11 is 0. The van der Waals surface area contributed by atoms with E-state index in [1.165, 1.54) is 33.5 Å². The fourth-order valence-corrected chi connectivity index (χ4v) is 6.88. The van der Waals surface area contributed by atoms with Crippen LogP contribution in [0.2, 0.25) is 0 Å². The summed E-state index contributed by atoms with van der Waals surface area (Å²) in [6.07, 6.45) is 0. The second-order valence-corrected chi connectivity index (χ2v) is 12.1. The van der Waals surface area contributed by atoms with Crippen LogP contribution in [0.1, 0.15) is 12.5 Å². The van der Waals surface area contributed by atoms with E-state index in [0.717, 1.165) is 5.69 Å². The van der Waals surface area contributed by atoms with Crippen LogP contribution in [0.5, 0.6) is 5.75 Å². The van der Waals surface area contributed by atoms with Crippen LogP contribution in [-0.2, 0) is 14.8 Å². The zero-order valence-corrected chi connectivity index (χ0v) is 24.7. The van der Waals surface area contributed by atoms with E-state index < -0.39 is 22.1 Å². The van der Waals surface area contributed by atoms with Crippen molar-refractivity contribution in [2.45, 2.75) is 17.9 Å². The molecule has 0 bridgehead atoms. The number of benzene rings is 3. The van der Waals surface area contributed by atoms with Crippen molar-refractivity contribution in [3.05, 3.63) is 84.4 Å². The Balaban J connectivity index is 1.35. The Hall–Kier alpha value is -4.60. The second kappa shape index (κ2) is 13.1. The number of amides is 3. The van der Waals surface area contributed by atoms with Gasteiger partial charge in [0.05, 0.1) is 23.1 Å². The van der Waals surface area contributed by atoms with E-state index in [1.54, 1.807) is 29.2 Å². The summed E-state index contributed by atoms with van der Waals surface area (Å²) < 4.78 is 34.3. The topological polar surface area (TPSA) is 126 Å². The van der Waals surface area contributed by atoms with Gasteiger partial charge in [0.1, 0.15) is 11.8 Å². The number of ether oxygens (including phenoxy) is 1. The lowest BCUT2D eigenvalue weighted by atomic mass is 10.1. The largest absolute Gasteiger partial charge is 0.494 e. The van der Waals surface area contributed by atoms with Gasteiger partial charge in [-0.1, -0.05) is 18.2 Å². The Bertz CT molecular complexity index is 1570. The van der Waals surface area contributed by atoms with Gasteiger partial charge in [-0.25, -0.2) is 13.2 Å². The first-order chi connectivity index (χ1) is 20.8. The molecule has 43 heavy (non-hydrogen) atoms. The predicted octanol–water partition coefficient (Wildman–Crippen LogP) is 3.21. The van der Waals surface area contributed by atoms with Crippen molar-refractivity contribution in [2.75, 3.05) is 62.6 Å². The van der Waals surface area contributed by atoms with Gasteiger partial charge in [0.25, 0.3) is 0 Å². The van der Waals surface area contributed by atoms with Crippen molar-refractivity contribution < 1.29 is 22.7 Å². The van der Waals surface area contributed by atoms with Gasteiger partial charge in [0, 0.05) is 57.2 Å². The lowest BCUT2D eigenvalue weighted by molar-refractivity contribution is -0.137. The number of rotatable bonds is 7. The number of nitrogens with one attached hydrogen (secondary N) is 1. The van der Waals surface area contributed by atoms with Gasteiger partial charge >= 0.3 is 6.03 Å². The van der Waals surface area contributed by atoms with Crippen molar-refractivity contribution in [3.63, 3.8) is 0 Å². The number of carbonyl (C=O) groups is 2. The number of hydrogen-bond donors (Lipinski definition) is 1. The molecule has 3 amide bonds. The third kappa shape index (κ3) is 6.74. The number of carbonyl (C=O) groups excluding carboxylic acids is 2. The number of sulfonamides is 1. The van der Waals surface area contributed by atoms with Crippen LogP contribution in [0.25, 0.3) is 0 Å².